The number of hydrogen-bond acceptors (Lipinski definition) is 4. The Morgan fingerprint density at radius 3 is 2.41 bits per heavy atom. The smallest absolute Gasteiger partial charge is 0.327 e. The third-order valence-electron chi connectivity index (χ3n) is 6.18. The minimum Gasteiger partial charge on any atom is -0.858 e. The average Bonchev–Trinajstić information content (AvgIpc) is 3.34. The number of carbonyl (C=O) groups excluding carboxylic acids is 2. The van der Waals surface area contributed by atoms with Crippen LogP contribution in [0.1, 0.15) is 29.3 Å². The minimum absolute atomic E-state index is 0.0321. The van der Waals surface area contributed by atoms with Gasteiger partial charge in [-0.2, -0.15) is 9.67 Å². The highest BCUT2D eigenvalue weighted by Crippen LogP contribution is 2.38. The first-order valence-electron chi connectivity index (χ1n) is 11.7. The maximum absolute atomic E-state index is 13.9. The normalized spacial score (nSPS) is 13.7. The Bertz CT molecular complexity index is 1580. The van der Waals surface area contributed by atoms with Crippen molar-refractivity contribution >= 4 is 46.3 Å². The van der Waals surface area contributed by atoms with Gasteiger partial charge in [-0.25, -0.2) is 4.68 Å². The molecule has 0 saturated heterocycles. The van der Waals surface area contributed by atoms with Crippen molar-refractivity contribution in [3.05, 3.63) is 105 Å². The number of nitrogens with zero attached hydrogens (tertiary/aromatic N) is 4. The summed E-state index contributed by atoms with van der Waals surface area (Å²) in [6.07, 6.45) is 3.82. The Balaban J connectivity index is 1.72. The Morgan fingerprint density at radius 1 is 0.973 bits per heavy atom. The standard InChI is InChI=1S/C28H22Cl2N4O3/c1-3-22-23(27(36)34(31-22)19-11-12-20(29)21(30)14-19)24-25(32-13-7-8-17(2)15-32)28(37)33(26(24)35)16-18-9-5-4-6-10-18/h4-15H,3,16H2,1-2H3. The molecule has 2 aromatic heterocycles. The monoisotopic (exact) mass is 532 g/mol. The van der Waals surface area contributed by atoms with Crippen LogP contribution < -0.4 is 9.67 Å². The van der Waals surface area contributed by atoms with Crippen molar-refractivity contribution < 1.29 is 19.3 Å². The second-order valence-electron chi connectivity index (χ2n) is 8.68. The largest absolute Gasteiger partial charge is 0.858 e. The lowest BCUT2D eigenvalue weighted by atomic mass is 10.0. The van der Waals surface area contributed by atoms with Crippen LogP contribution in [0.15, 0.2) is 73.1 Å². The molecule has 7 nitrogen and oxygen atoms in total. The molecule has 186 valence electrons. The van der Waals surface area contributed by atoms with Crippen LogP contribution in [0.3, 0.4) is 0 Å². The van der Waals surface area contributed by atoms with E-state index >= 15 is 0 Å². The topological polar surface area (TPSA) is 82.1 Å². The molecule has 0 radical (unpaired) electrons. The van der Waals surface area contributed by atoms with Crippen LogP contribution in [0.5, 0.6) is 5.88 Å². The summed E-state index contributed by atoms with van der Waals surface area (Å²) in [7, 11) is 0. The molecule has 0 aliphatic carbocycles. The predicted octanol–water partition coefficient (Wildman–Crippen LogP) is 4.35. The lowest BCUT2D eigenvalue weighted by Gasteiger charge is -2.16. The van der Waals surface area contributed by atoms with Crippen molar-refractivity contribution in [1.29, 1.82) is 0 Å². The van der Waals surface area contributed by atoms with Crippen LogP contribution in [-0.4, -0.2) is 26.5 Å². The van der Waals surface area contributed by atoms with Crippen molar-refractivity contribution in [3.63, 3.8) is 0 Å². The van der Waals surface area contributed by atoms with E-state index < -0.39 is 17.7 Å². The number of benzene rings is 2. The van der Waals surface area contributed by atoms with E-state index in [2.05, 4.69) is 5.10 Å². The van der Waals surface area contributed by atoms with Crippen LogP contribution in [0.4, 0.5) is 0 Å². The summed E-state index contributed by atoms with van der Waals surface area (Å²) in [6.45, 7) is 3.81. The summed E-state index contributed by atoms with van der Waals surface area (Å²) in [5.41, 5.74) is 2.74. The third kappa shape index (κ3) is 4.41. The molecule has 5 rings (SSSR count). The predicted molar refractivity (Wildman–Crippen MR) is 139 cm³/mol. The van der Waals surface area contributed by atoms with E-state index in [1.807, 2.05) is 50.2 Å². The molecule has 0 atom stereocenters. The summed E-state index contributed by atoms with van der Waals surface area (Å²) >= 11 is 12.2. The van der Waals surface area contributed by atoms with Crippen molar-refractivity contribution in [3.8, 4) is 11.6 Å². The lowest BCUT2D eigenvalue weighted by molar-refractivity contribution is -0.577. The summed E-state index contributed by atoms with van der Waals surface area (Å²) in [4.78, 5) is 28.8. The molecule has 9 heteroatoms. The van der Waals surface area contributed by atoms with Crippen molar-refractivity contribution in [2.24, 2.45) is 0 Å². The molecule has 0 fully saturated rings. The van der Waals surface area contributed by atoms with Crippen LogP contribution in [0.25, 0.3) is 17.0 Å². The summed E-state index contributed by atoms with van der Waals surface area (Å²) in [6, 6.07) is 17.7. The minimum atomic E-state index is -0.543. The Labute approximate surface area is 223 Å². The van der Waals surface area contributed by atoms with E-state index in [1.54, 1.807) is 35.2 Å². The molecular formula is C28H22Cl2N4O3. The average molecular weight is 533 g/mol. The fourth-order valence-corrected chi connectivity index (χ4v) is 4.70. The van der Waals surface area contributed by atoms with Gasteiger partial charge < -0.3 is 5.11 Å². The maximum Gasteiger partial charge on any atom is 0.327 e. The molecule has 1 aliphatic rings. The van der Waals surface area contributed by atoms with Crippen LogP contribution in [-0.2, 0) is 22.6 Å². The van der Waals surface area contributed by atoms with E-state index in [-0.39, 0.29) is 28.4 Å². The Hall–Kier alpha value is -3.94. The SMILES string of the molecule is CCc1nn(-c2ccc(Cl)c(Cl)c2)c([O-])c1C1=C([n+]2cccc(C)c2)C(=O)N(Cc2ccccc2)C1=O. The van der Waals surface area contributed by atoms with Gasteiger partial charge >= 0.3 is 5.91 Å². The molecule has 0 bridgehead atoms. The molecule has 0 spiro atoms. The van der Waals surface area contributed by atoms with Gasteiger partial charge in [0, 0.05) is 17.2 Å². The van der Waals surface area contributed by atoms with Crippen molar-refractivity contribution in [1.82, 2.24) is 14.7 Å². The molecule has 2 amide bonds. The highest BCUT2D eigenvalue weighted by molar-refractivity contribution is 6.45. The van der Waals surface area contributed by atoms with Gasteiger partial charge in [0.05, 0.1) is 28.0 Å². The molecule has 0 unspecified atom stereocenters. The van der Waals surface area contributed by atoms with Crippen LogP contribution in [0, 0.1) is 6.92 Å². The van der Waals surface area contributed by atoms with E-state index in [0.717, 1.165) is 11.1 Å². The highest BCUT2D eigenvalue weighted by Gasteiger charge is 2.46. The first-order valence-corrected chi connectivity index (χ1v) is 12.4. The van der Waals surface area contributed by atoms with Gasteiger partial charge in [-0.1, -0.05) is 60.5 Å². The third-order valence-corrected chi connectivity index (χ3v) is 6.92. The zero-order valence-electron chi connectivity index (χ0n) is 20.1. The fraction of sp³-hybridized carbons (Fsp3) is 0.143. The van der Waals surface area contributed by atoms with Gasteiger partial charge in [0.15, 0.2) is 12.4 Å². The van der Waals surface area contributed by atoms with E-state index in [1.165, 1.54) is 15.6 Å². The zero-order chi connectivity index (χ0) is 26.3. The number of pyridine rings is 1. The molecule has 2 aromatic carbocycles. The zero-order valence-corrected chi connectivity index (χ0v) is 21.6. The number of amides is 2. The fourth-order valence-electron chi connectivity index (χ4n) is 4.41. The van der Waals surface area contributed by atoms with Gasteiger partial charge in [-0.3, -0.25) is 14.5 Å². The molecule has 37 heavy (non-hydrogen) atoms. The second kappa shape index (κ2) is 9.84. The number of aromatic nitrogens is 3. The molecule has 1 aliphatic heterocycles. The molecule has 4 aromatic rings. The van der Waals surface area contributed by atoms with Gasteiger partial charge in [0.25, 0.3) is 11.6 Å². The Morgan fingerprint density at radius 2 is 1.73 bits per heavy atom. The highest BCUT2D eigenvalue weighted by atomic mass is 35.5. The lowest BCUT2D eigenvalue weighted by Crippen LogP contribution is -2.39. The maximum atomic E-state index is 13.9. The first-order chi connectivity index (χ1) is 17.8. The van der Waals surface area contributed by atoms with Crippen LogP contribution >= 0.6 is 23.2 Å². The van der Waals surface area contributed by atoms with E-state index in [4.69, 9.17) is 23.2 Å². The molecule has 3 heterocycles. The number of carbonyl (C=O) groups is 2. The van der Waals surface area contributed by atoms with Crippen LogP contribution in [0.2, 0.25) is 10.0 Å². The quantitative estimate of drug-likeness (QED) is 0.273. The number of imide groups is 1. The van der Waals surface area contributed by atoms with Gasteiger partial charge in [-0.05, 0) is 49.1 Å². The van der Waals surface area contributed by atoms with Gasteiger partial charge in [0.1, 0.15) is 5.57 Å². The van der Waals surface area contributed by atoms with E-state index in [0.29, 0.717) is 22.8 Å². The first kappa shape index (κ1) is 24.7. The summed E-state index contributed by atoms with van der Waals surface area (Å²) in [5.74, 6) is -1.54. The molecule has 0 N–H and O–H groups in total. The summed E-state index contributed by atoms with van der Waals surface area (Å²) in [5, 5.41) is 18.9. The van der Waals surface area contributed by atoms with Crippen molar-refractivity contribution in [2.45, 2.75) is 26.8 Å². The van der Waals surface area contributed by atoms with Gasteiger partial charge in [0.2, 0.25) is 0 Å². The van der Waals surface area contributed by atoms with E-state index in [9.17, 15) is 14.7 Å². The molecule has 0 saturated carbocycles. The van der Waals surface area contributed by atoms with Crippen molar-refractivity contribution in [2.75, 3.05) is 0 Å². The summed E-state index contributed by atoms with van der Waals surface area (Å²) < 4.78 is 2.80. The number of rotatable bonds is 6. The van der Waals surface area contributed by atoms with Gasteiger partial charge in [-0.15, -0.1) is 0 Å². The Kier molecular flexibility index (Phi) is 6.58. The molecular weight excluding hydrogens is 511 g/mol. The number of halogens is 2. The number of hydrogen-bond donors (Lipinski definition) is 0. The number of aryl methyl sites for hydroxylation is 2. The second-order valence-corrected chi connectivity index (χ2v) is 9.50.